The SMILES string of the molecule is CCOC(=O)C(C(=O)OCC)(C(=O)OCC)C(C)C(=O)c1c(C(C)C)nn2ccccc12. The summed E-state index contributed by atoms with van der Waals surface area (Å²) in [6.45, 7) is 9.38. The Balaban J connectivity index is 2.77. The number of ether oxygens (including phenoxy) is 3. The van der Waals surface area contributed by atoms with Crippen LogP contribution in [0.15, 0.2) is 24.4 Å². The lowest BCUT2D eigenvalue weighted by Gasteiger charge is -2.31. The molecule has 1 atom stereocenters. The van der Waals surface area contributed by atoms with Gasteiger partial charge in [0.15, 0.2) is 5.78 Å². The summed E-state index contributed by atoms with van der Waals surface area (Å²) in [4.78, 5) is 53.1. The number of pyridine rings is 1. The quantitative estimate of drug-likeness (QED) is 0.237. The van der Waals surface area contributed by atoms with Crippen molar-refractivity contribution >= 4 is 29.2 Å². The van der Waals surface area contributed by atoms with Gasteiger partial charge in [0.25, 0.3) is 5.41 Å². The molecule has 1 unspecified atom stereocenters. The van der Waals surface area contributed by atoms with Crippen molar-refractivity contribution in [3.63, 3.8) is 0 Å². The first kappa shape index (κ1) is 25.0. The molecule has 9 heteroatoms. The maximum atomic E-state index is 13.8. The lowest BCUT2D eigenvalue weighted by molar-refractivity contribution is -0.186. The Morgan fingerprint density at radius 3 is 1.84 bits per heavy atom. The van der Waals surface area contributed by atoms with Gasteiger partial charge in [0.2, 0.25) is 0 Å². The summed E-state index contributed by atoms with van der Waals surface area (Å²) < 4.78 is 16.8. The largest absolute Gasteiger partial charge is 0.465 e. The van der Waals surface area contributed by atoms with E-state index in [1.54, 1.807) is 28.9 Å². The van der Waals surface area contributed by atoms with Crippen molar-refractivity contribution in [3.8, 4) is 0 Å². The van der Waals surface area contributed by atoms with Crippen LogP contribution in [-0.4, -0.2) is 53.1 Å². The van der Waals surface area contributed by atoms with E-state index in [1.807, 2.05) is 13.8 Å². The molecule has 9 nitrogen and oxygen atoms in total. The van der Waals surface area contributed by atoms with E-state index in [1.165, 1.54) is 27.7 Å². The molecule has 0 aliphatic rings. The van der Waals surface area contributed by atoms with E-state index in [-0.39, 0.29) is 31.3 Å². The van der Waals surface area contributed by atoms with Crippen LogP contribution in [0.25, 0.3) is 5.52 Å². The number of carbonyl (C=O) groups is 4. The van der Waals surface area contributed by atoms with Gasteiger partial charge >= 0.3 is 17.9 Å². The minimum Gasteiger partial charge on any atom is -0.465 e. The second-order valence-corrected chi connectivity index (χ2v) is 7.50. The molecule has 0 amide bonds. The third kappa shape index (κ3) is 4.24. The standard InChI is InChI=1S/C23H30N2O7/c1-7-30-20(27)23(21(28)31-8-2,22(29)32-9-3)15(6)19(26)17-16-12-10-11-13-25(16)24-18(17)14(4)5/h10-15H,7-9H2,1-6H3. The molecular weight excluding hydrogens is 416 g/mol. The highest BCUT2D eigenvalue weighted by molar-refractivity contribution is 6.23. The summed E-state index contributed by atoms with van der Waals surface area (Å²) >= 11 is 0. The van der Waals surface area contributed by atoms with Gasteiger partial charge in [-0.3, -0.25) is 19.2 Å². The van der Waals surface area contributed by atoms with E-state index in [9.17, 15) is 19.2 Å². The Labute approximate surface area is 187 Å². The molecule has 2 aromatic heterocycles. The number of hydrogen-bond acceptors (Lipinski definition) is 8. The Hall–Kier alpha value is -3.23. The Kier molecular flexibility index (Phi) is 8.13. The molecule has 0 aromatic carbocycles. The van der Waals surface area contributed by atoms with Crippen LogP contribution in [0.5, 0.6) is 0 Å². The zero-order valence-electron chi connectivity index (χ0n) is 19.3. The molecule has 32 heavy (non-hydrogen) atoms. The molecule has 2 heterocycles. The van der Waals surface area contributed by atoms with Gasteiger partial charge < -0.3 is 14.2 Å². The van der Waals surface area contributed by atoms with Crippen molar-refractivity contribution in [1.82, 2.24) is 9.61 Å². The lowest BCUT2D eigenvalue weighted by Crippen LogP contribution is -2.55. The predicted octanol–water partition coefficient (Wildman–Crippen LogP) is 2.95. The Morgan fingerprint density at radius 1 is 0.906 bits per heavy atom. The van der Waals surface area contributed by atoms with Crippen LogP contribution in [0.4, 0.5) is 0 Å². The summed E-state index contributed by atoms with van der Waals surface area (Å²) in [5, 5.41) is 4.49. The van der Waals surface area contributed by atoms with Gasteiger partial charge in [0.05, 0.1) is 42.5 Å². The molecule has 0 radical (unpaired) electrons. The van der Waals surface area contributed by atoms with E-state index >= 15 is 0 Å². The van der Waals surface area contributed by atoms with Crippen LogP contribution < -0.4 is 0 Å². The number of rotatable bonds is 10. The van der Waals surface area contributed by atoms with Gasteiger partial charge in [-0.2, -0.15) is 5.10 Å². The maximum Gasteiger partial charge on any atom is 0.335 e. The molecule has 0 N–H and O–H groups in total. The predicted molar refractivity (Wildman–Crippen MR) is 115 cm³/mol. The van der Waals surface area contributed by atoms with Crippen LogP contribution >= 0.6 is 0 Å². The number of nitrogens with zero attached hydrogens (tertiary/aromatic N) is 2. The fourth-order valence-electron chi connectivity index (χ4n) is 3.60. The number of esters is 3. The Bertz CT molecular complexity index is 963. The minimum absolute atomic E-state index is 0.103. The van der Waals surface area contributed by atoms with Gasteiger partial charge in [-0.1, -0.05) is 26.8 Å². The summed E-state index contributed by atoms with van der Waals surface area (Å²) in [5.74, 6) is -5.75. The van der Waals surface area contributed by atoms with Crippen molar-refractivity contribution in [2.24, 2.45) is 11.3 Å². The van der Waals surface area contributed by atoms with Gasteiger partial charge in [0, 0.05) is 6.20 Å². The van der Waals surface area contributed by atoms with Crippen molar-refractivity contribution in [2.45, 2.75) is 47.5 Å². The van der Waals surface area contributed by atoms with Crippen LogP contribution in [0, 0.1) is 11.3 Å². The van der Waals surface area contributed by atoms with Gasteiger partial charge in [-0.25, -0.2) is 4.52 Å². The highest BCUT2D eigenvalue weighted by Crippen LogP contribution is 2.38. The van der Waals surface area contributed by atoms with Crippen LogP contribution in [0.2, 0.25) is 0 Å². The number of fused-ring (bicyclic) bond motifs is 1. The average molecular weight is 447 g/mol. The first-order valence-corrected chi connectivity index (χ1v) is 10.7. The van der Waals surface area contributed by atoms with E-state index in [0.717, 1.165) is 0 Å². The number of ketones is 1. The van der Waals surface area contributed by atoms with Crippen molar-refractivity contribution in [2.75, 3.05) is 19.8 Å². The van der Waals surface area contributed by atoms with Gasteiger partial charge in [-0.05, 0) is 38.8 Å². The normalized spacial score (nSPS) is 12.5. The smallest absolute Gasteiger partial charge is 0.335 e. The molecule has 2 aromatic rings. The van der Waals surface area contributed by atoms with Crippen LogP contribution in [0.1, 0.15) is 63.5 Å². The molecule has 0 fully saturated rings. The first-order chi connectivity index (χ1) is 15.2. The monoisotopic (exact) mass is 446 g/mol. The van der Waals surface area contributed by atoms with Crippen LogP contribution in [-0.2, 0) is 28.6 Å². The van der Waals surface area contributed by atoms with Gasteiger partial charge in [0.1, 0.15) is 0 Å². The molecule has 0 bridgehead atoms. The molecule has 0 spiro atoms. The highest BCUT2D eigenvalue weighted by atomic mass is 16.6. The number of Topliss-reactive ketones (excluding diaryl/α,β-unsaturated/α-hetero) is 1. The highest BCUT2D eigenvalue weighted by Gasteiger charge is 2.63. The van der Waals surface area contributed by atoms with Gasteiger partial charge in [-0.15, -0.1) is 0 Å². The second kappa shape index (κ2) is 10.4. The zero-order chi connectivity index (χ0) is 24.1. The summed E-state index contributed by atoms with van der Waals surface area (Å²) in [6, 6.07) is 5.22. The molecular formula is C23H30N2O7. The maximum absolute atomic E-state index is 13.8. The molecule has 0 saturated carbocycles. The van der Waals surface area contributed by atoms with Crippen molar-refractivity contribution in [3.05, 3.63) is 35.7 Å². The minimum atomic E-state index is -2.60. The van der Waals surface area contributed by atoms with Crippen molar-refractivity contribution < 1.29 is 33.4 Å². The van der Waals surface area contributed by atoms with E-state index in [4.69, 9.17) is 14.2 Å². The number of aromatic nitrogens is 2. The third-order valence-corrected chi connectivity index (χ3v) is 5.20. The lowest BCUT2D eigenvalue weighted by atomic mass is 9.72. The molecule has 0 aliphatic heterocycles. The topological polar surface area (TPSA) is 113 Å². The van der Waals surface area contributed by atoms with E-state index in [2.05, 4.69) is 5.10 Å². The van der Waals surface area contributed by atoms with Crippen molar-refractivity contribution in [1.29, 1.82) is 0 Å². The van der Waals surface area contributed by atoms with Crippen LogP contribution in [0.3, 0.4) is 0 Å². The third-order valence-electron chi connectivity index (χ3n) is 5.20. The number of carbonyl (C=O) groups excluding carboxylic acids is 4. The van der Waals surface area contributed by atoms with E-state index in [0.29, 0.717) is 11.2 Å². The zero-order valence-corrected chi connectivity index (χ0v) is 19.3. The molecule has 0 saturated heterocycles. The first-order valence-electron chi connectivity index (χ1n) is 10.7. The Morgan fingerprint density at radius 2 is 1.41 bits per heavy atom. The summed E-state index contributed by atoms with van der Waals surface area (Å²) in [5.41, 5.74) is -1.39. The number of hydrogen-bond donors (Lipinski definition) is 0. The summed E-state index contributed by atoms with van der Waals surface area (Å²) in [7, 11) is 0. The molecule has 0 aliphatic carbocycles. The molecule has 2 rings (SSSR count). The fraction of sp³-hybridized carbons (Fsp3) is 0.522. The summed E-state index contributed by atoms with van der Waals surface area (Å²) in [6.07, 6.45) is 1.69. The average Bonchev–Trinajstić information content (AvgIpc) is 3.14. The van der Waals surface area contributed by atoms with E-state index < -0.39 is 35.0 Å². The molecule has 174 valence electrons. The fourth-order valence-corrected chi connectivity index (χ4v) is 3.60. The second-order valence-electron chi connectivity index (χ2n) is 7.50.